The van der Waals surface area contributed by atoms with Crippen molar-refractivity contribution in [1.29, 1.82) is 0 Å². The number of hydrogen-bond acceptors (Lipinski definition) is 6. The molecule has 0 unspecified atom stereocenters. The predicted molar refractivity (Wildman–Crippen MR) is 97.1 cm³/mol. The maximum Gasteiger partial charge on any atom is 0.181 e. The summed E-state index contributed by atoms with van der Waals surface area (Å²) in [6.07, 6.45) is 0. The summed E-state index contributed by atoms with van der Waals surface area (Å²) in [5, 5.41) is 13.8. The molecule has 0 radical (unpaired) electrons. The molecular formula is C17H16O3S3. The molecule has 0 fully saturated rings. The van der Waals surface area contributed by atoms with Crippen LogP contribution in [0.15, 0.2) is 35.0 Å². The van der Waals surface area contributed by atoms with Crippen molar-refractivity contribution in [3.05, 3.63) is 35.0 Å². The van der Waals surface area contributed by atoms with E-state index in [-0.39, 0.29) is 12.0 Å². The summed E-state index contributed by atoms with van der Waals surface area (Å²) < 4.78 is 12.3. The van der Waals surface area contributed by atoms with Crippen LogP contribution in [0.3, 0.4) is 0 Å². The molecule has 0 aliphatic carbocycles. The van der Waals surface area contributed by atoms with Gasteiger partial charge >= 0.3 is 0 Å². The zero-order valence-electron chi connectivity index (χ0n) is 12.6. The molecule has 3 nitrogen and oxygen atoms in total. The van der Waals surface area contributed by atoms with E-state index in [1.807, 2.05) is 19.1 Å². The van der Waals surface area contributed by atoms with Crippen molar-refractivity contribution in [3.63, 3.8) is 0 Å². The van der Waals surface area contributed by atoms with E-state index >= 15 is 0 Å². The van der Waals surface area contributed by atoms with Crippen LogP contribution in [0, 0.1) is 5.41 Å². The average molecular weight is 365 g/mol. The number of hydrogen-bond donors (Lipinski definition) is 1. The molecular weight excluding hydrogens is 348 g/mol. The van der Waals surface area contributed by atoms with Gasteiger partial charge in [0.2, 0.25) is 0 Å². The Bertz CT molecular complexity index is 727. The molecule has 3 aromatic heterocycles. The highest BCUT2D eigenvalue weighted by Gasteiger charge is 2.34. The summed E-state index contributed by atoms with van der Waals surface area (Å²) in [7, 11) is 0. The van der Waals surface area contributed by atoms with Crippen LogP contribution in [0.2, 0.25) is 0 Å². The zero-order valence-corrected chi connectivity index (χ0v) is 15.0. The first-order valence-electron chi connectivity index (χ1n) is 7.31. The minimum absolute atomic E-state index is 0.0450. The van der Waals surface area contributed by atoms with E-state index < -0.39 is 0 Å². The quantitative estimate of drug-likeness (QED) is 0.713. The Morgan fingerprint density at radius 3 is 1.91 bits per heavy atom. The van der Waals surface area contributed by atoms with Gasteiger partial charge in [-0.1, -0.05) is 19.1 Å². The number of thiophene rings is 3. The summed E-state index contributed by atoms with van der Waals surface area (Å²) in [5.41, 5.74) is -0.379. The second-order valence-corrected chi connectivity index (χ2v) is 8.84. The van der Waals surface area contributed by atoms with Crippen molar-refractivity contribution in [2.24, 2.45) is 5.41 Å². The van der Waals surface area contributed by atoms with Gasteiger partial charge in [0.25, 0.3) is 0 Å². The number of ether oxygens (including phenoxy) is 2. The first-order chi connectivity index (χ1) is 11.2. The Kier molecular flexibility index (Phi) is 3.93. The molecule has 0 aromatic carbocycles. The second kappa shape index (κ2) is 5.94. The van der Waals surface area contributed by atoms with Crippen molar-refractivity contribution in [2.45, 2.75) is 6.92 Å². The number of rotatable bonds is 3. The molecule has 0 atom stereocenters. The number of aliphatic hydroxyl groups excluding tert-OH is 1. The lowest BCUT2D eigenvalue weighted by Crippen LogP contribution is -2.33. The molecule has 1 N–H and O–H groups in total. The highest BCUT2D eigenvalue weighted by molar-refractivity contribution is 7.26. The van der Waals surface area contributed by atoms with Crippen LogP contribution >= 0.6 is 34.0 Å². The van der Waals surface area contributed by atoms with E-state index in [4.69, 9.17) is 9.47 Å². The molecule has 0 spiro atoms. The third-order valence-electron chi connectivity index (χ3n) is 3.82. The van der Waals surface area contributed by atoms with Gasteiger partial charge in [0.15, 0.2) is 11.5 Å². The summed E-state index contributed by atoms with van der Waals surface area (Å²) >= 11 is 5.12. The smallest absolute Gasteiger partial charge is 0.181 e. The standard InChI is InChI=1S/C17H16O3S3/c1-17(8-18)9-19-13-14(20-10-17)16(12-5-3-7-22-12)23-15(13)11-4-2-6-21-11/h2-7,18H,8-10H2,1H3. The Labute approximate surface area is 146 Å². The van der Waals surface area contributed by atoms with Crippen molar-refractivity contribution in [1.82, 2.24) is 0 Å². The van der Waals surface area contributed by atoms with E-state index in [9.17, 15) is 5.11 Å². The molecule has 0 bridgehead atoms. The monoisotopic (exact) mass is 364 g/mol. The van der Waals surface area contributed by atoms with E-state index in [1.165, 1.54) is 9.75 Å². The van der Waals surface area contributed by atoms with Gasteiger partial charge in [0, 0.05) is 9.75 Å². The van der Waals surface area contributed by atoms with Crippen LogP contribution in [-0.2, 0) is 0 Å². The summed E-state index contributed by atoms with van der Waals surface area (Å²) in [6, 6.07) is 8.31. The first-order valence-corrected chi connectivity index (χ1v) is 9.89. The molecule has 0 amide bonds. The van der Waals surface area contributed by atoms with Gasteiger partial charge in [-0.3, -0.25) is 0 Å². The molecule has 23 heavy (non-hydrogen) atoms. The Morgan fingerprint density at radius 2 is 1.52 bits per heavy atom. The molecule has 4 rings (SSSR count). The molecule has 0 saturated carbocycles. The fourth-order valence-electron chi connectivity index (χ4n) is 2.43. The topological polar surface area (TPSA) is 38.7 Å². The minimum Gasteiger partial charge on any atom is -0.487 e. The Hall–Kier alpha value is -1.34. The van der Waals surface area contributed by atoms with Crippen LogP contribution in [0.25, 0.3) is 19.5 Å². The lowest BCUT2D eigenvalue weighted by atomic mass is 9.94. The van der Waals surface area contributed by atoms with Gasteiger partial charge in [-0.2, -0.15) is 0 Å². The normalized spacial score (nSPS) is 16.3. The minimum atomic E-state index is -0.379. The summed E-state index contributed by atoms with van der Waals surface area (Å²) in [6.45, 7) is 2.94. The van der Waals surface area contributed by atoms with Crippen LogP contribution in [0.4, 0.5) is 0 Å². The highest BCUT2D eigenvalue weighted by atomic mass is 32.1. The van der Waals surface area contributed by atoms with Crippen molar-refractivity contribution >= 4 is 34.0 Å². The zero-order chi connectivity index (χ0) is 15.9. The van der Waals surface area contributed by atoms with E-state index in [2.05, 4.69) is 22.9 Å². The van der Waals surface area contributed by atoms with Gasteiger partial charge in [-0.25, -0.2) is 0 Å². The largest absolute Gasteiger partial charge is 0.487 e. The lowest BCUT2D eigenvalue weighted by molar-refractivity contribution is 0.0546. The van der Waals surface area contributed by atoms with Gasteiger partial charge in [-0.15, -0.1) is 34.0 Å². The van der Waals surface area contributed by atoms with E-state index in [0.29, 0.717) is 13.2 Å². The predicted octanol–water partition coefficient (Wildman–Crippen LogP) is 4.97. The molecule has 120 valence electrons. The summed E-state index contributed by atoms with van der Waals surface area (Å²) in [5.74, 6) is 1.64. The van der Waals surface area contributed by atoms with E-state index in [0.717, 1.165) is 21.3 Å². The fraction of sp³-hybridized carbons (Fsp3) is 0.294. The second-order valence-electron chi connectivity index (χ2n) is 5.92. The lowest BCUT2D eigenvalue weighted by Gasteiger charge is -2.23. The number of aliphatic hydroxyl groups is 1. The van der Waals surface area contributed by atoms with Crippen molar-refractivity contribution < 1.29 is 14.6 Å². The van der Waals surface area contributed by atoms with Gasteiger partial charge in [0.05, 0.1) is 35.0 Å². The van der Waals surface area contributed by atoms with E-state index in [1.54, 1.807) is 34.0 Å². The maximum absolute atomic E-state index is 9.65. The van der Waals surface area contributed by atoms with Gasteiger partial charge in [-0.05, 0) is 22.9 Å². The van der Waals surface area contributed by atoms with Crippen LogP contribution < -0.4 is 9.47 Å². The van der Waals surface area contributed by atoms with Gasteiger partial charge in [0.1, 0.15) is 0 Å². The Balaban J connectivity index is 1.85. The first kappa shape index (κ1) is 15.2. The van der Waals surface area contributed by atoms with Crippen LogP contribution in [0.5, 0.6) is 11.5 Å². The van der Waals surface area contributed by atoms with Crippen molar-refractivity contribution in [2.75, 3.05) is 19.8 Å². The van der Waals surface area contributed by atoms with Gasteiger partial charge < -0.3 is 14.6 Å². The van der Waals surface area contributed by atoms with Crippen LogP contribution in [-0.4, -0.2) is 24.9 Å². The maximum atomic E-state index is 9.65. The summed E-state index contributed by atoms with van der Waals surface area (Å²) in [4.78, 5) is 4.59. The number of fused-ring (bicyclic) bond motifs is 1. The SMILES string of the molecule is CC1(CO)COc2c(-c3cccs3)sc(-c3cccs3)c2OC1. The molecule has 3 aromatic rings. The Morgan fingerprint density at radius 1 is 1.00 bits per heavy atom. The van der Waals surface area contributed by atoms with Crippen molar-refractivity contribution in [3.8, 4) is 31.0 Å². The third-order valence-corrected chi connectivity index (χ3v) is 7.08. The molecule has 6 heteroatoms. The average Bonchev–Trinajstić information content (AvgIpc) is 3.28. The molecule has 4 heterocycles. The highest BCUT2D eigenvalue weighted by Crippen LogP contribution is 2.55. The molecule has 1 aliphatic rings. The fourth-order valence-corrected chi connectivity index (χ4v) is 5.32. The molecule has 0 saturated heterocycles. The third kappa shape index (κ3) is 2.70. The van der Waals surface area contributed by atoms with Crippen LogP contribution in [0.1, 0.15) is 6.92 Å². The molecule has 1 aliphatic heterocycles.